The number of esters is 1. The third kappa shape index (κ3) is 2.17. The molecule has 2 atom stereocenters. The molecule has 0 radical (unpaired) electrons. The Kier molecular flexibility index (Phi) is 3.57. The first-order valence-corrected chi connectivity index (χ1v) is 7.22. The van der Waals surface area contributed by atoms with E-state index in [1.807, 2.05) is 12.1 Å². The summed E-state index contributed by atoms with van der Waals surface area (Å²) in [6.07, 6.45) is 2.66. The van der Waals surface area contributed by atoms with Crippen LogP contribution in [0.1, 0.15) is 36.4 Å². The zero-order valence-corrected chi connectivity index (χ0v) is 12.3. The van der Waals surface area contributed by atoms with Crippen LogP contribution < -0.4 is 4.74 Å². The molecule has 2 unspecified atom stereocenters. The number of fused-ring (bicyclic) bond motifs is 1. The molecule has 112 valence electrons. The minimum atomic E-state index is -0.469. The van der Waals surface area contributed by atoms with Crippen LogP contribution in [-0.2, 0) is 20.7 Å². The molecule has 1 aliphatic carbocycles. The summed E-state index contributed by atoms with van der Waals surface area (Å²) in [6.45, 7) is 0. The van der Waals surface area contributed by atoms with Crippen LogP contribution in [0.15, 0.2) is 18.2 Å². The Morgan fingerprint density at radius 3 is 2.76 bits per heavy atom. The van der Waals surface area contributed by atoms with Crippen molar-refractivity contribution in [2.75, 3.05) is 14.2 Å². The van der Waals surface area contributed by atoms with Gasteiger partial charge in [0.2, 0.25) is 5.91 Å². The lowest BCUT2D eigenvalue weighted by molar-refractivity contribution is -0.150. The van der Waals surface area contributed by atoms with Gasteiger partial charge in [-0.2, -0.15) is 0 Å². The molecule has 3 rings (SSSR count). The maximum Gasteiger partial charge on any atom is 0.328 e. The number of carbonyl (C=O) groups excluding carboxylic acids is 2. The van der Waals surface area contributed by atoms with Crippen LogP contribution in [-0.4, -0.2) is 37.0 Å². The summed E-state index contributed by atoms with van der Waals surface area (Å²) in [4.78, 5) is 25.9. The summed E-state index contributed by atoms with van der Waals surface area (Å²) in [6, 6.07) is 5.37. The maximum atomic E-state index is 12.3. The van der Waals surface area contributed by atoms with Crippen molar-refractivity contribution in [2.24, 2.45) is 0 Å². The molecule has 1 aromatic rings. The van der Waals surface area contributed by atoms with E-state index in [9.17, 15) is 9.59 Å². The largest absolute Gasteiger partial charge is 0.496 e. The molecule has 1 aromatic carbocycles. The molecule has 0 spiro atoms. The van der Waals surface area contributed by atoms with Crippen LogP contribution >= 0.6 is 0 Å². The molecule has 21 heavy (non-hydrogen) atoms. The topological polar surface area (TPSA) is 55.8 Å². The van der Waals surface area contributed by atoms with Gasteiger partial charge in [-0.3, -0.25) is 4.79 Å². The number of carbonyl (C=O) groups is 2. The van der Waals surface area contributed by atoms with E-state index in [-0.39, 0.29) is 17.9 Å². The fraction of sp³-hybridized carbons (Fsp3) is 0.500. The lowest BCUT2D eigenvalue weighted by Gasteiger charge is -2.30. The van der Waals surface area contributed by atoms with Gasteiger partial charge in [-0.25, -0.2) is 4.79 Å². The molecule has 1 aliphatic heterocycles. The Balaban J connectivity index is 1.99. The summed E-state index contributed by atoms with van der Waals surface area (Å²) in [7, 11) is 3.00. The summed E-state index contributed by atoms with van der Waals surface area (Å²) in [5.74, 6) is 0.483. The summed E-state index contributed by atoms with van der Waals surface area (Å²) in [5, 5.41) is 0. The molecule has 0 bridgehead atoms. The minimum Gasteiger partial charge on any atom is -0.496 e. The van der Waals surface area contributed by atoms with E-state index >= 15 is 0 Å². The first kappa shape index (κ1) is 13.9. The molecule has 5 heteroatoms. The summed E-state index contributed by atoms with van der Waals surface area (Å²) < 4.78 is 10.3. The highest BCUT2D eigenvalue weighted by atomic mass is 16.5. The monoisotopic (exact) mass is 289 g/mol. The lowest BCUT2D eigenvalue weighted by atomic mass is 10.0. The number of rotatable bonds is 3. The first-order valence-electron chi connectivity index (χ1n) is 7.22. The standard InChI is InChI=1S/C16H19NO4/c1-20-13-5-3-4-10-6-7-11(15(10)13)17-12(16(19)21-2)8-9-14(17)18/h3-5,11-12H,6-9H2,1-2H3. The number of hydrogen-bond donors (Lipinski definition) is 0. The van der Waals surface area contributed by atoms with Gasteiger partial charge in [-0.05, 0) is 30.9 Å². The zero-order chi connectivity index (χ0) is 15.0. The summed E-state index contributed by atoms with van der Waals surface area (Å²) in [5.41, 5.74) is 2.24. The Labute approximate surface area is 123 Å². The number of nitrogens with zero attached hydrogens (tertiary/aromatic N) is 1. The van der Waals surface area contributed by atoms with Crippen LogP contribution in [0.25, 0.3) is 0 Å². The predicted molar refractivity (Wildman–Crippen MR) is 75.9 cm³/mol. The molecule has 0 saturated carbocycles. The fourth-order valence-electron chi connectivity index (χ4n) is 3.54. The average molecular weight is 289 g/mol. The Morgan fingerprint density at radius 2 is 2.05 bits per heavy atom. The normalized spacial score (nSPS) is 24.1. The second-order valence-electron chi connectivity index (χ2n) is 5.47. The van der Waals surface area contributed by atoms with E-state index in [1.54, 1.807) is 12.0 Å². The third-order valence-corrected chi connectivity index (χ3v) is 4.46. The van der Waals surface area contributed by atoms with Crippen molar-refractivity contribution in [3.05, 3.63) is 29.3 Å². The maximum absolute atomic E-state index is 12.3. The van der Waals surface area contributed by atoms with Gasteiger partial charge in [0.25, 0.3) is 0 Å². The van der Waals surface area contributed by atoms with E-state index in [0.29, 0.717) is 12.8 Å². The Hall–Kier alpha value is -2.04. The van der Waals surface area contributed by atoms with Crippen molar-refractivity contribution in [1.29, 1.82) is 0 Å². The molecule has 0 N–H and O–H groups in total. The molecule has 5 nitrogen and oxygen atoms in total. The van der Waals surface area contributed by atoms with Crippen molar-refractivity contribution in [3.63, 3.8) is 0 Å². The molecule has 0 aromatic heterocycles. The smallest absolute Gasteiger partial charge is 0.328 e. The van der Waals surface area contributed by atoms with Gasteiger partial charge in [-0.1, -0.05) is 12.1 Å². The number of likely N-dealkylation sites (tertiary alicyclic amines) is 1. The van der Waals surface area contributed by atoms with Crippen molar-refractivity contribution >= 4 is 11.9 Å². The Morgan fingerprint density at radius 1 is 1.24 bits per heavy atom. The van der Waals surface area contributed by atoms with Crippen LogP contribution in [0.4, 0.5) is 0 Å². The molecule has 1 fully saturated rings. The van der Waals surface area contributed by atoms with Crippen molar-refractivity contribution in [3.8, 4) is 5.75 Å². The highest BCUT2D eigenvalue weighted by molar-refractivity contribution is 5.88. The fourth-order valence-corrected chi connectivity index (χ4v) is 3.54. The second-order valence-corrected chi connectivity index (χ2v) is 5.47. The van der Waals surface area contributed by atoms with Gasteiger partial charge in [0, 0.05) is 12.0 Å². The Bertz CT molecular complexity index is 584. The number of benzene rings is 1. The number of amides is 1. The molecular weight excluding hydrogens is 270 g/mol. The van der Waals surface area contributed by atoms with Crippen molar-refractivity contribution in [1.82, 2.24) is 4.90 Å². The zero-order valence-electron chi connectivity index (χ0n) is 12.3. The SMILES string of the molecule is COC(=O)C1CCC(=O)N1C1CCc2cccc(OC)c21. The van der Waals surface area contributed by atoms with Gasteiger partial charge >= 0.3 is 5.97 Å². The summed E-state index contributed by atoms with van der Waals surface area (Å²) >= 11 is 0. The second kappa shape index (κ2) is 5.39. The van der Waals surface area contributed by atoms with Crippen molar-refractivity contribution in [2.45, 2.75) is 37.8 Å². The van der Waals surface area contributed by atoms with E-state index in [4.69, 9.17) is 9.47 Å². The van der Waals surface area contributed by atoms with Gasteiger partial charge in [0.05, 0.1) is 20.3 Å². The van der Waals surface area contributed by atoms with Crippen LogP contribution in [0.2, 0.25) is 0 Å². The van der Waals surface area contributed by atoms with E-state index in [2.05, 4.69) is 6.07 Å². The van der Waals surface area contributed by atoms with E-state index in [0.717, 1.165) is 24.2 Å². The lowest BCUT2D eigenvalue weighted by Crippen LogP contribution is -2.41. The van der Waals surface area contributed by atoms with Crippen molar-refractivity contribution < 1.29 is 19.1 Å². The van der Waals surface area contributed by atoms with Gasteiger partial charge in [-0.15, -0.1) is 0 Å². The third-order valence-electron chi connectivity index (χ3n) is 4.46. The quantitative estimate of drug-likeness (QED) is 0.797. The number of methoxy groups -OCH3 is 2. The number of aryl methyl sites for hydroxylation is 1. The average Bonchev–Trinajstić information content (AvgIpc) is 3.09. The van der Waals surface area contributed by atoms with E-state index < -0.39 is 6.04 Å². The first-order chi connectivity index (χ1) is 10.2. The molecule has 1 amide bonds. The minimum absolute atomic E-state index is 0.0224. The number of hydrogen-bond acceptors (Lipinski definition) is 4. The number of ether oxygens (including phenoxy) is 2. The van der Waals surface area contributed by atoms with Crippen LogP contribution in [0.5, 0.6) is 5.75 Å². The van der Waals surface area contributed by atoms with Crippen LogP contribution in [0.3, 0.4) is 0 Å². The molecule has 1 heterocycles. The molecule has 2 aliphatic rings. The van der Waals surface area contributed by atoms with Gasteiger partial charge in [0.1, 0.15) is 11.8 Å². The highest BCUT2D eigenvalue weighted by Crippen LogP contribution is 2.44. The van der Waals surface area contributed by atoms with Crippen LogP contribution in [0, 0.1) is 0 Å². The molecule has 1 saturated heterocycles. The molecular formula is C16H19NO4. The van der Waals surface area contributed by atoms with Gasteiger partial charge < -0.3 is 14.4 Å². The van der Waals surface area contributed by atoms with Gasteiger partial charge in [0.15, 0.2) is 0 Å². The highest BCUT2D eigenvalue weighted by Gasteiger charge is 2.44. The predicted octanol–water partition coefficient (Wildman–Crippen LogP) is 1.85. The van der Waals surface area contributed by atoms with E-state index in [1.165, 1.54) is 12.7 Å².